The van der Waals surface area contributed by atoms with Crippen molar-refractivity contribution in [3.63, 3.8) is 0 Å². The molecule has 2 aromatic heterocycles. The van der Waals surface area contributed by atoms with Crippen LogP contribution < -0.4 is 20.3 Å². The molecule has 1 fully saturated rings. The summed E-state index contributed by atoms with van der Waals surface area (Å²) in [6.07, 6.45) is 5.21. The first-order valence-electron chi connectivity index (χ1n) is 10.3. The van der Waals surface area contributed by atoms with Crippen molar-refractivity contribution in [3.8, 4) is 17.4 Å². The number of nitrogens with zero attached hydrogens (tertiary/aromatic N) is 3. The average molecular weight is 435 g/mol. The predicted octanol–water partition coefficient (Wildman–Crippen LogP) is 3.12. The molecule has 0 unspecified atom stereocenters. The average Bonchev–Trinajstić information content (AvgIpc) is 3.56. The third-order valence-electron chi connectivity index (χ3n) is 5.39. The van der Waals surface area contributed by atoms with Gasteiger partial charge in [0.25, 0.3) is 5.56 Å². The minimum absolute atomic E-state index is 0.235. The number of methoxy groups -OCH3 is 2. The third kappa shape index (κ3) is 4.41. The van der Waals surface area contributed by atoms with E-state index in [0.717, 1.165) is 24.1 Å². The summed E-state index contributed by atoms with van der Waals surface area (Å²) in [5.74, 6) is 1.93. The number of anilines is 1. The van der Waals surface area contributed by atoms with Crippen LogP contribution in [0.1, 0.15) is 41.3 Å². The zero-order valence-electron chi connectivity index (χ0n) is 18.4. The zero-order valence-corrected chi connectivity index (χ0v) is 18.4. The molecule has 0 atom stereocenters. The first-order valence-corrected chi connectivity index (χ1v) is 10.3. The number of hydrogen-bond acceptors (Lipinski definition) is 6. The number of aromatic amines is 1. The van der Waals surface area contributed by atoms with E-state index >= 15 is 0 Å². The Hall–Kier alpha value is -3.88. The van der Waals surface area contributed by atoms with E-state index in [1.807, 2.05) is 12.1 Å². The molecule has 32 heavy (non-hydrogen) atoms. The van der Waals surface area contributed by atoms with E-state index in [4.69, 9.17) is 9.47 Å². The second-order valence-electron chi connectivity index (χ2n) is 7.68. The minimum atomic E-state index is -0.338. The smallest absolute Gasteiger partial charge is 0.255 e. The van der Waals surface area contributed by atoms with Crippen LogP contribution in [0.3, 0.4) is 0 Å². The van der Waals surface area contributed by atoms with Gasteiger partial charge in [-0.1, -0.05) is 6.07 Å². The van der Waals surface area contributed by atoms with E-state index in [2.05, 4.69) is 20.4 Å². The highest BCUT2D eigenvalue weighted by Crippen LogP contribution is 2.40. The van der Waals surface area contributed by atoms with Crippen molar-refractivity contribution in [2.75, 3.05) is 19.5 Å². The van der Waals surface area contributed by atoms with Gasteiger partial charge in [-0.2, -0.15) is 9.78 Å². The number of rotatable bonds is 7. The number of hydrogen-bond donors (Lipinski definition) is 2. The van der Waals surface area contributed by atoms with Gasteiger partial charge in [0.05, 0.1) is 19.9 Å². The van der Waals surface area contributed by atoms with E-state index in [0.29, 0.717) is 34.5 Å². The summed E-state index contributed by atoms with van der Waals surface area (Å²) in [6.45, 7) is 3.48. The summed E-state index contributed by atoms with van der Waals surface area (Å²) in [4.78, 5) is 32.0. The van der Waals surface area contributed by atoms with E-state index in [9.17, 15) is 9.59 Å². The number of amides is 1. The molecule has 0 radical (unpaired) electrons. The van der Waals surface area contributed by atoms with Gasteiger partial charge in [0.1, 0.15) is 5.82 Å². The molecule has 1 saturated carbocycles. The quantitative estimate of drug-likeness (QED) is 0.552. The molecule has 2 N–H and O–H groups in total. The lowest BCUT2D eigenvalue weighted by molar-refractivity contribution is -0.111. The molecule has 9 nitrogen and oxygen atoms in total. The monoisotopic (exact) mass is 435 g/mol. The summed E-state index contributed by atoms with van der Waals surface area (Å²) >= 11 is 0. The summed E-state index contributed by atoms with van der Waals surface area (Å²) in [5.41, 5.74) is 2.57. The molecule has 0 bridgehead atoms. The summed E-state index contributed by atoms with van der Waals surface area (Å²) < 4.78 is 12.0. The van der Waals surface area contributed by atoms with Crippen molar-refractivity contribution in [3.05, 3.63) is 63.2 Å². The number of aromatic nitrogens is 4. The van der Waals surface area contributed by atoms with Gasteiger partial charge in [0.2, 0.25) is 11.9 Å². The molecule has 1 aliphatic carbocycles. The second kappa shape index (κ2) is 8.70. The summed E-state index contributed by atoms with van der Waals surface area (Å²) in [6, 6.07) is 7.20. The van der Waals surface area contributed by atoms with Crippen LogP contribution in [0.15, 0.2) is 35.1 Å². The van der Waals surface area contributed by atoms with Crippen LogP contribution in [-0.2, 0) is 4.79 Å². The predicted molar refractivity (Wildman–Crippen MR) is 121 cm³/mol. The Morgan fingerprint density at radius 3 is 2.59 bits per heavy atom. The number of carbonyl (C=O) groups is 1. The minimum Gasteiger partial charge on any atom is -0.493 e. The lowest BCUT2D eigenvalue weighted by Gasteiger charge is -2.08. The van der Waals surface area contributed by atoms with Gasteiger partial charge in [-0.05, 0) is 50.5 Å². The number of aryl methyl sites for hydroxylation is 1. The van der Waals surface area contributed by atoms with Gasteiger partial charge in [-0.25, -0.2) is 4.98 Å². The first kappa shape index (κ1) is 21.4. The maximum atomic E-state index is 12.6. The van der Waals surface area contributed by atoms with Gasteiger partial charge in [-0.15, -0.1) is 0 Å². The van der Waals surface area contributed by atoms with Crippen LogP contribution in [0.4, 0.5) is 5.82 Å². The van der Waals surface area contributed by atoms with E-state index in [-0.39, 0.29) is 17.4 Å². The summed E-state index contributed by atoms with van der Waals surface area (Å²) in [5, 5.41) is 7.43. The molecule has 1 aliphatic rings. The van der Waals surface area contributed by atoms with Crippen LogP contribution in [0.5, 0.6) is 11.5 Å². The lowest BCUT2D eigenvalue weighted by Crippen LogP contribution is -2.20. The van der Waals surface area contributed by atoms with Crippen LogP contribution >= 0.6 is 0 Å². The standard InChI is InChI=1S/C23H25N5O4/c1-13-14(2)24-23(26-22(13)30)28-20(12-17(27-28)16-7-8-16)25-21(29)10-6-15-5-9-18(31-3)19(11-15)32-4/h5-6,9-12,16H,7-8H2,1-4H3,(H,25,29)(H,24,26,30)/b10-6+. The molecule has 9 heteroatoms. The van der Waals surface area contributed by atoms with Crippen LogP contribution in [0.2, 0.25) is 0 Å². The van der Waals surface area contributed by atoms with Crippen molar-refractivity contribution < 1.29 is 14.3 Å². The maximum absolute atomic E-state index is 12.6. The molecular formula is C23H25N5O4. The van der Waals surface area contributed by atoms with Crippen LogP contribution in [0.25, 0.3) is 12.0 Å². The Morgan fingerprint density at radius 1 is 1.19 bits per heavy atom. The van der Waals surface area contributed by atoms with Crippen LogP contribution in [-0.4, -0.2) is 39.9 Å². The number of nitrogens with one attached hydrogen (secondary N) is 2. The Morgan fingerprint density at radius 2 is 1.94 bits per heavy atom. The molecule has 0 spiro atoms. The molecule has 4 rings (SSSR count). The second-order valence-corrected chi connectivity index (χ2v) is 7.68. The van der Waals surface area contributed by atoms with E-state index in [1.165, 1.54) is 10.8 Å². The van der Waals surface area contributed by atoms with Crippen molar-refractivity contribution in [2.45, 2.75) is 32.6 Å². The third-order valence-corrected chi connectivity index (χ3v) is 5.39. The van der Waals surface area contributed by atoms with Crippen molar-refractivity contribution >= 4 is 17.8 Å². The van der Waals surface area contributed by atoms with Crippen molar-refractivity contribution in [2.24, 2.45) is 0 Å². The van der Waals surface area contributed by atoms with E-state index in [1.54, 1.807) is 46.3 Å². The van der Waals surface area contributed by atoms with Crippen molar-refractivity contribution in [1.29, 1.82) is 0 Å². The lowest BCUT2D eigenvalue weighted by atomic mass is 10.2. The maximum Gasteiger partial charge on any atom is 0.255 e. The van der Waals surface area contributed by atoms with Crippen molar-refractivity contribution in [1.82, 2.24) is 19.7 Å². The highest BCUT2D eigenvalue weighted by atomic mass is 16.5. The fraction of sp³-hybridized carbons (Fsp3) is 0.304. The fourth-order valence-corrected chi connectivity index (χ4v) is 3.26. The highest BCUT2D eigenvalue weighted by molar-refractivity contribution is 6.01. The molecule has 0 saturated heterocycles. The normalized spacial score (nSPS) is 13.4. The number of carbonyl (C=O) groups excluding carboxylic acids is 1. The zero-order chi connectivity index (χ0) is 22.8. The van der Waals surface area contributed by atoms with Gasteiger partial charge < -0.3 is 14.8 Å². The van der Waals surface area contributed by atoms with Gasteiger partial charge in [0.15, 0.2) is 11.5 Å². The highest BCUT2D eigenvalue weighted by Gasteiger charge is 2.28. The molecule has 2 heterocycles. The van der Waals surface area contributed by atoms with Crippen LogP contribution in [0, 0.1) is 13.8 Å². The Bertz CT molecular complexity index is 1250. The Labute approximate surface area is 185 Å². The number of benzene rings is 1. The molecule has 166 valence electrons. The molecular weight excluding hydrogens is 410 g/mol. The molecule has 3 aromatic rings. The number of ether oxygens (including phenoxy) is 2. The van der Waals surface area contributed by atoms with Gasteiger partial charge >= 0.3 is 0 Å². The van der Waals surface area contributed by atoms with E-state index < -0.39 is 0 Å². The fourth-order valence-electron chi connectivity index (χ4n) is 3.26. The first-order chi connectivity index (χ1) is 15.4. The molecule has 1 aromatic carbocycles. The van der Waals surface area contributed by atoms with Gasteiger partial charge in [0, 0.05) is 29.3 Å². The summed E-state index contributed by atoms with van der Waals surface area (Å²) in [7, 11) is 3.12. The molecule has 0 aliphatic heterocycles. The Kier molecular flexibility index (Phi) is 5.81. The SMILES string of the molecule is COc1ccc(/C=C/C(=O)Nc2cc(C3CC3)nn2-c2nc(C)c(C)c(=O)[nH]2)cc1OC. The van der Waals surface area contributed by atoms with Gasteiger partial charge in [-0.3, -0.25) is 14.6 Å². The Balaban J connectivity index is 1.59. The number of H-pyrrole nitrogens is 1. The molecule has 1 amide bonds. The topological polar surface area (TPSA) is 111 Å². The largest absolute Gasteiger partial charge is 0.493 e.